The van der Waals surface area contributed by atoms with Gasteiger partial charge in [-0.25, -0.2) is 13.8 Å². The standard InChI is InChI=1S/C18H14ClF2N3O/c1-24(2)17-13(20)7-10(8-14(17)21)22-18(25)12-9-16(19)23-15-6-4-3-5-11(12)15/h3-9H,1-2H3,(H,22,25). The first-order valence-electron chi connectivity index (χ1n) is 7.40. The summed E-state index contributed by atoms with van der Waals surface area (Å²) in [7, 11) is 3.07. The van der Waals surface area contributed by atoms with Crippen LogP contribution in [0.3, 0.4) is 0 Å². The second kappa shape index (κ2) is 6.64. The van der Waals surface area contributed by atoms with Crippen molar-refractivity contribution in [2.45, 2.75) is 0 Å². The first-order valence-corrected chi connectivity index (χ1v) is 7.77. The second-order valence-corrected chi connectivity index (χ2v) is 6.03. The molecule has 1 N–H and O–H groups in total. The molecule has 25 heavy (non-hydrogen) atoms. The second-order valence-electron chi connectivity index (χ2n) is 5.65. The molecule has 1 heterocycles. The van der Waals surface area contributed by atoms with Crippen LogP contribution in [0.4, 0.5) is 20.2 Å². The highest BCUT2D eigenvalue weighted by molar-refractivity contribution is 6.30. The molecule has 0 bridgehead atoms. The molecule has 3 rings (SSSR count). The topological polar surface area (TPSA) is 45.2 Å². The monoisotopic (exact) mass is 361 g/mol. The average Bonchev–Trinajstić information content (AvgIpc) is 2.52. The van der Waals surface area contributed by atoms with Gasteiger partial charge in [-0.1, -0.05) is 29.8 Å². The van der Waals surface area contributed by atoms with Crippen molar-refractivity contribution >= 4 is 39.8 Å². The van der Waals surface area contributed by atoms with Gasteiger partial charge in [0.15, 0.2) is 11.6 Å². The number of carbonyl (C=O) groups excluding carboxylic acids is 1. The molecule has 1 amide bonds. The lowest BCUT2D eigenvalue weighted by Gasteiger charge is -2.16. The van der Waals surface area contributed by atoms with E-state index >= 15 is 0 Å². The Morgan fingerprint density at radius 3 is 2.40 bits per heavy atom. The van der Waals surface area contributed by atoms with E-state index in [0.717, 1.165) is 12.1 Å². The van der Waals surface area contributed by atoms with Crippen LogP contribution >= 0.6 is 11.6 Å². The molecular weight excluding hydrogens is 348 g/mol. The number of anilines is 2. The quantitative estimate of drug-likeness (QED) is 0.699. The normalized spacial score (nSPS) is 10.8. The van der Waals surface area contributed by atoms with E-state index in [1.54, 1.807) is 24.3 Å². The van der Waals surface area contributed by atoms with Crippen LogP contribution in [-0.4, -0.2) is 25.0 Å². The Hall–Kier alpha value is -2.73. The number of nitrogens with one attached hydrogen (secondary N) is 1. The molecule has 1 aromatic heterocycles. The fourth-order valence-corrected chi connectivity index (χ4v) is 2.79. The number of para-hydroxylation sites is 1. The zero-order chi connectivity index (χ0) is 18.1. The number of benzene rings is 2. The van der Waals surface area contributed by atoms with E-state index in [1.165, 1.54) is 25.1 Å². The Kier molecular flexibility index (Phi) is 4.55. The molecule has 0 fully saturated rings. The molecule has 0 aliphatic heterocycles. The Morgan fingerprint density at radius 2 is 1.76 bits per heavy atom. The van der Waals surface area contributed by atoms with Crippen LogP contribution in [-0.2, 0) is 0 Å². The van der Waals surface area contributed by atoms with E-state index in [4.69, 9.17) is 11.6 Å². The summed E-state index contributed by atoms with van der Waals surface area (Å²) < 4.78 is 28.1. The lowest BCUT2D eigenvalue weighted by Crippen LogP contribution is -2.16. The molecule has 7 heteroatoms. The van der Waals surface area contributed by atoms with Gasteiger partial charge in [-0.05, 0) is 24.3 Å². The minimum atomic E-state index is -0.766. The van der Waals surface area contributed by atoms with Crippen molar-refractivity contribution in [2.75, 3.05) is 24.3 Å². The molecule has 0 aliphatic rings. The van der Waals surface area contributed by atoms with E-state index in [-0.39, 0.29) is 22.1 Å². The van der Waals surface area contributed by atoms with Gasteiger partial charge in [-0.3, -0.25) is 4.79 Å². The molecular formula is C18H14ClF2N3O. The molecule has 3 aromatic rings. The van der Waals surface area contributed by atoms with Gasteiger partial charge in [-0.2, -0.15) is 0 Å². The Balaban J connectivity index is 1.99. The van der Waals surface area contributed by atoms with Crippen molar-refractivity contribution in [2.24, 2.45) is 0 Å². The predicted molar refractivity (Wildman–Crippen MR) is 95.4 cm³/mol. The van der Waals surface area contributed by atoms with Crippen molar-refractivity contribution in [3.8, 4) is 0 Å². The zero-order valence-electron chi connectivity index (χ0n) is 13.5. The zero-order valence-corrected chi connectivity index (χ0v) is 14.2. The van der Waals surface area contributed by atoms with Gasteiger partial charge in [-0.15, -0.1) is 0 Å². The van der Waals surface area contributed by atoms with E-state index in [0.29, 0.717) is 10.9 Å². The average molecular weight is 362 g/mol. The van der Waals surface area contributed by atoms with Crippen LogP contribution in [0, 0.1) is 11.6 Å². The number of hydrogen-bond donors (Lipinski definition) is 1. The number of nitrogens with zero attached hydrogens (tertiary/aromatic N) is 2. The summed E-state index contributed by atoms with van der Waals surface area (Å²) in [5.74, 6) is -2.06. The summed E-state index contributed by atoms with van der Waals surface area (Å²) in [6.45, 7) is 0. The number of fused-ring (bicyclic) bond motifs is 1. The highest BCUT2D eigenvalue weighted by atomic mass is 35.5. The highest BCUT2D eigenvalue weighted by Gasteiger charge is 2.16. The predicted octanol–water partition coefficient (Wildman–Crippen LogP) is 4.48. The molecule has 2 aromatic carbocycles. The SMILES string of the molecule is CN(C)c1c(F)cc(NC(=O)c2cc(Cl)nc3ccccc23)cc1F. The van der Waals surface area contributed by atoms with Crippen LogP contribution in [0.2, 0.25) is 5.15 Å². The lowest BCUT2D eigenvalue weighted by atomic mass is 10.1. The summed E-state index contributed by atoms with van der Waals surface area (Å²) in [4.78, 5) is 18.0. The van der Waals surface area contributed by atoms with Crippen molar-refractivity contribution in [3.63, 3.8) is 0 Å². The maximum atomic E-state index is 14.1. The maximum absolute atomic E-state index is 14.1. The molecule has 128 valence electrons. The minimum Gasteiger partial charge on any atom is -0.373 e. The van der Waals surface area contributed by atoms with Gasteiger partial charge in [0.05, 0.1) is 11.1 Å². The molecule has 0 saturated heterocycles. The molecule has 0 unspecified atom stereocenters. The van der Waals surface area contributed by atoms with Crippen molar-refractivity contribution in [3.05, 3.63) is 64.8 Å². The smallest absolute Gasteiger partial charge is 0.256 e. The van der Waals surface area contributed by atoms with E-state index < -0.39 is 17.5 Å². The molecule has 0 aliphatic carbocycles. The van der Waals surface area contributed by atoms with Gasteiger partial charge in [0.25, 0.3) is 5.91 Å². The van der Waals surface area contributed by atoms with E-state index in [9.17, 15) is 13.6 Å². The van der Waals surface area contributed by atoms with Gasteiger partial charge >= 0.3 is 0 Å². The van der Waals surface area contributed by atoms with Gasteiger partial charge in [0, 0.05) is 25.2 Å². The van der Waals surface area contributed by atoms with Crippen LogP contribution in [0.1, 0.15) is 10.4 Å². The number of aromatic nitrogens is 1. The lowest BCUT2D eigenvalue weighted by molar-refractivity contribution is 0.102. The highest BCUT2D eigenvalue weighted by Crippen LogP contribution is 2.27. The Labute approximate surface area is 148 Å². The molecule has 0 saturated carbocycles. The number of amides is 1. The van der Waals surface area contributed by atoms with Crippen LogP contribution in [0.5, 0.6) is 0 Å². The summed E-state index contributed by atoms with van der Waals surface area (Å²) in [6, 6.07) is 10.5. The van der Waals surface area contributed by atoms with Crippen LogP contribution in [0.15, 0.2) is 42.5 Å². The van der Waals surface area contributed by atoms with Crippen molar-refractivity contribution < 1.29 is 13.6 Å². The number of pyridine rings is 1. The van der Waals surface area contributed by atoms with Crippen LogP contribution < -0.4 is 10.2 Å². The molecule has 0 spiro atoms. The first-order chi connectivity index (χ1) is 11.9. The molecule has 0 radical (unpaired) electrons. The Bertz CT molecular complexity index is 953. The minimum absolute atomic E-state index is 0.0163. The number of hydrogen-bond acceptors (Lipinski definition) is 3. The number of halogens is 3. The summed E-state index contributed by atoms with van der Waals surface area (Å²) in [5.41, 5.74) is 0.673. The number of carbonyl (C=O) groups is 1. The number of rotatable bonds is 3. The third-order valence-corrected chi connectivity index (χ3v) is 3.85. The Morgan fingerprint density at radius 1 is 1.12 bits per heavy atom. The molecule has 4 nitrogen and oxygen atoms in total. The third kappa shape index (κ3) is 3.39. The fraction of sp³-hybridized carbons (Fsp3) is 0.111. The van der Waals surface area contributed by atoms with Gasteiger partial charge in [0.1, 0.15) is 10.8 Å². The van der Waals surface area contributed by atoms with Crippen molar-refractivity contribution in [1.82, 2.24) is 4.98 Å². The summed E-state index contributed by atoms with van der Waals surface area (Å²) in [6.07, 6.45) is 0. The van der Waals surface area contributed by atoms with Crippen LogP contribution in [0.25, 0.3) is 10.9 Å². The van der Waals surface area contributed by atoms with E-state index in [2.05, 4.69) is 10.3 Å². The first kappa shape index (κ1) is 17.1. The third-order valence-electron chi connectivity index (χ3n) is 3.65. The fourth-order valence-electron chi connectivity index (χ4n) is 2.59. The summed E-state index contributed by atoms with van der Waals surface area (Å²) in [5, 5.41) is 3.25. The van der Waals surface area contributed by atoms with E-state index in [1.807, 2.05) is 0 Å². The summed E-state index contributed by atoms with van der Waals surface area (Å²) >= 11 is 5.96. The molecule has 0 atom stereocenters. The maximum Gasteiger partial charge on any atom is 0.256 e. The van der Waals surface area contributed by atoms with Gasteiger partial charge < -0.3 is 10.2 Å². The largest absolute Gasteiger partial charge is 0.373 e. The van der Waals surface area contributed by atoms with Crippen molar-refractivity contribution in [1.29, 1.82) is 0 Å². The van der Waals surface area contributed by atoms with Gasteiger partial charge in [0.2, 0.25) is 0 Å².